The van der Waals surface area contributed by atoms with E-state index >= 15 is 0 Å². The molecular formula is C23H29FN2O2. The molecule has 0 aliphatic heterocycles. The van der Waals surface area contributed by atoms with E-state index in [0.717, 1.165) is 22.3 Å². The Kier molecular flexibility index (Phi) is 7.32. The Hall–Kier alpha value is -2.69. The van der Waals surface area contributed by atoms with Crippen LogP contribution in [0.1, 0.15) is 43.0 Å². The van der Waals surface area contributed by atoms with Gasteiger partial charge >= 0.3 is 0 Å². The van der Waals surface area contributed by atoms with Crippen molar-refractivity contribution in [2.45, 2.75) is 59.7 Å². The minimum atomic E-state index is -0.634. The monoisotopic (exact) mass is 384 g/mol. The average molecular weight is 384 g/mol. The summed E-state index contributed by atoms with van der Waals surface area (Å²) in [5.74, 6) is -0.668. The van der Waals surface area contributed by atoms with Crippen LogP contribution in [0.4, 0.5) is 4.39 Å². The SMILES string of the molecule is Cc1ccc(C)c(CC(=O)N(Cc2ccc(F)cc2)[C@@H](C)C(=O)NC(C)C)c1. The van der Waals surface area contributed by atoms with Crippen LogP contribution in [0, 0.1) is 19.7 Å². The summed E-state index contributed by atoms with van der Waals surface area (Å²) in [6, 6.07) is 11.4. The van der Waals surface area contributed by atoms with Crippen molar-refractivity contribution < 1.29 is 14.0 Å². The minimum absolute atomic E-state index is 0.0169. The molecule has 2 aromatic carbocycles. The van der Waals surface area contributed by atoms with E-state index in [9.17, 15) is 14.0 Å². The molecular weight excluding hydrogens is 355 g/mol. The molecule has 0 aromatic heterocycles. The third kappa shape index (κ3) is 5.91. The second kappa shape index (κ2) is 9.49. The van der Waals surface area contributed by atoms with Crippen LogP contribution < -0.4 is 5.32 Å². The predicted molar refractivity (Wildman–Crippen MR) is 109 cm³/mol. The predicted octanol–water partition coefficient (Wildman–Crippen LogP) is 3.93. The van der Waals surface area contributed by atoms with E-state index in [1.807, 2.05) is 45.9 Å². The van der Waals surface area contributed by atoms with E-state index in [0.29, 0.717) is 0 Å². The minimum Gasteiger partial charge on any atom is -0.352 e. The molecule has 0 spiro atoms. The van der Waals surface area contributed by atoms with Gasteiger partial charge in [0.2, 0.25) is 11.8 Å². The van der Waals surface area contributed by atoms with Crippen molar-refractivity contribution in [1.82, 2.24) is 10.2 Å². The van der Waals surface area contributed by atoms with Gasteiger partial charge in [-0.3, -0.25) is 9.59 Å². The van der Waals surface area contributed by atoms with Crippen molar-refractivity contribution in [1.29, 1.82) is 0 Å². The number of aryl methyl sites for hydroxylation is 2. The van der Waals surface area contributed by atoms with Gasteiger partial charge in [0.15, 0.2) is 0 Å². The normalized spacial score (nSPS) is 12.0. The van der Waals surface area contributed by atoms with Crippen molar-refractivity contribution in [2.24, 2.45) is 0 Å². The second-order valence-electron chi connectivity index (χ2n) is 7.59. The first-order valence-electron chi connectivity index (χ1n) is 9.57. The Balaban J connectivity index is 2.27. The fraction of sp³-hybridized carbons (Fsp3) is 0.391. The molecule has 2 amide bonds. The van der Waals surface area contributed by atoms with Gasteiger partial charge in [0.05, 0.1) is 6.42 Å². The number of halogens is 1. The number of hydrogen-bond donors (Lipinski definition) is 1. The average Bonchev–Trinajstić information content (AvgIpc) is 2.63. The fourth-order valence-electron chi connectivity index (χ4n) is 3.03. The Bertz CT molecular complexity index is 831. The van der Waals surface area contributed by atoms with Gasteiger partial charge < -0.3 is 10.2 Å². The standard InChI is InChI=1S/C23H29FN2O2/c1-15(2)25-23(28)18(5)26(14-19-8-10-21(24)11-9-19)22(27)13-20-12-16(3)6-7-17(20)4/h6-12,15,18H,13-14H2,1-5H3,(H,25,28)/t18-/m0/s1. The van der Waals surface area contributed by atoms with Crippen molar-refractivity contribution in [3.8, 4) is 0 Å². The fourth-order valence-corrected chi connectivity index (χ4v) is 3.03. The number of amides is 2. The zero-order chi connectivity index (χ0) is 20.8. The summed E-state index contributed by atoms with van der Waals surface area (Å²) >= 11 is 0. The van der Waals surface area contributed by atoms with Crippen molar-refractivity contribution in [3.05, 3.63) is 70.5 Å². The van der Waals surface area contributed by atoms with E-state index in [4.69, 9.17) is 0 Å². The summed E-state index contributed by atoms with van der Waals surface area (Å²) in [7, 11) is 0. The zero-order valence-corrected chi connectivity index (χ0v) is 17.3. The molecule has 0 aliphatic rings. The van der Waals surface area contributed by atoms with Crippen LogP contribution in [-0.2, 0) is 22.6 Å². The quantitative estimate of drug-likeness (QED) is 0.786. The van der Waals surface area contributed by atoms with Crippen LogP contribution in [-0.4, -0.2) is 28.8 Å². The van der Waals surface area contributed by atoms with Crippen LogP contribution in [0.3, 0.4) is 0 Å². The Morgan fingerprint density at radius 2 is 1.68 bits per heavy atom. The highest BCUT2D eigenvalue weighted by Gasteiger charge is 2.26. The Morgan fingerprint density at radius 1 is 1.04 bits per heavy atom. The van der Waals surface area contributed by atoms with Crippen LogP contribution in [0.25, 0.3) is 0 Å². The van der Waals surface area contributed by atoms with Crippen molar-refractivity contribution in [2.75, 3.05) is 0 Å². The van der Waals surface area contributed by atoms with Crippen molar-refractivity contribution >= 4 is 11.8 Å². The summed E-state index contributed by atoms with van der Waals surface area (Å²) in [6.07, 6.45) is 0.216. The Morgan fingerprint density at radius 3 is 2.29 bits per heavy atom. The molecule has 150 valence electrons. The lowest BCUT2D eigenvalue weighted by Gasteiger charge is -2.29. The zero-order valence-electron chi connectivity index (χ0n) is 17.3. The van der Waals surface area contributed by atoms with Crippen LogP contribution >= 0.6 is 0 Å². The summed E-state index contributed by atoms with van der Waals surface area (Å²) in [5.41, 5.74) is 3.86. The third-order valence-electron chi connectivity index (χ3n) is 4.71. The molecule has 28 heavy (non-hydrogen) atoms. The topological polar surface area (TPSA) is 49.4 Å². The number of carbonyl (C=O) groups is 2. The molecule has 0 saturated carbocycles. The molecule has 2 aromatic rings. The summed E-state index contributed by atoms with van der Waals surface area (Å²) in [5, 5.41) is 2.86. The molecule has 0 unspecified atom stereocenters. The number of nitrogens with one attached hydrogen (secondary N) is 1. The lowest BCUT2D eigenvalue weighted by atomic mass is 10.0. The largest absolute Gasteiger partial charge is 0.352 e. The molecule has 4 nitrogen and oxygen atoms in total. The number of benzene rings is 2. The maximum Gasteiger partial charge on any atom is 0.242 e. The number of rotatable bonds is 7. The lowest BCUT2D eigenvalue weighted by molar-refractivity contribution is -0.140. The molecule has 1 atom stereocenters. The van der Waals surface area contributed by atoms with E-state index in [-0.39, 0.29) is 36.6 Å². The first kappa shape index (κ1) is 21.6. The highest BCUT2D eigenvalue weighted by molar-refractivity contribution is 5.88. The molecule has 0 heterocycles. The van der Waals surface area contributed by atoms with Crippen LogP contribution in [0.5, 0.6) is 0 Å². The van der Waals surface area contributed by atoms with E-state index in [1.165, 1.54) is 12.1 Å². The second-order valence-corrected chi connectivity index (χ2v) is 7.59. The van der Waals surface area contributed by atoms with Gasteiger partial charge in [-0.15, -0.1) is 0 Å². The first-order chi connectivity index (χ1) is 13.2. The van der Waals surface area contributed by atoms with Gasteiger partial charge in [0.1, 0.15) is 11.9 Å². The summed E-state index contributed by atoms with van der Waals surface area (Å²) in [6.45, 7) is 9.70. The summed E-state index contributed by atoms with van der Waals surface area (Å²) in [4.78, 5) is 27.3. The Labute approximate surface area is 166 Å². The summed E-state index contributed by atoms with van der Waals surface area (Å²) < 4.78 is 13.2. The maximum atomic E-state index is 13.2. The number of nitrogens with zero attached hydrogens (tertiary/aromatic N) is 1. The first-order valence-corrected chi connectivity index (χ1v) is 9.57. The van der Waals surface area contributed by atoms with Gasteiger partial charge in [-0.2, -0.15) is 0 Å². The van der Waals surface area contributed by atoms with Crippen molar-refractivity contribution in [3.63, 3.8) is 0 Å². The van der Waals surface area contributed by atoms with Gasteiger partial charge in [0, 0.05) is 12.6 Å². The van der Waals surface area contributed by atoms with E-state index < -0.39 is 6.04 Å². The van der Waals surface area contributed by atoms with Gasteiger partial charge in [-0.1, -0.05) is 35.9 Å². The van der Waals surface area contributed by atoms with E-state index in [2.05, 4.69) is 5.32 Å². The highest BCUT2D eigenvalue weighted by atomic mass is 19.1. The molecule has 5 heteroatoms. The van der Waals surface area contributed by atoms with E-state index in [1.54, 1.807) is 24.0 Å². The van der Waals surface area contributed by atoms with Crippen LogP contribution in [0.15, 0.2) is 42.5 Å². The number of hydrogen-bond acceptors (Lipinski definition) is 2. The highest BCUT2D eigenvalue weighted by Crippen LogP contribution is 2.16. The molecule has 0 aliphatic carbocycles. The molecule has 0 bridgehead atoms. The maximum absolute atomic E-state index is 13.2. The third-order valence-corrected chi connectivity index (χ3v) is 4.71. The van der Waals surface area contributed by atoms with Gasteiger partial charge in [0.25, 0.3) is 0 Å². The van der Waals surface area contributed by atoms with Gasteiger partial charge in [-0.05, 0) is 63.4 Å². The lowest BCUT2D eigenvalue weighted by Crippen LogP contribution is -2.49. The molecule has 0 fully saturated rings. The van der Waals surface area contributed by atoms with Crippen LogP contribution in [0.2, 0.25) is 0 Å². The molecule has 0 radical (unpaired) electrons. The molecule has 2 rings (SSSR count). The number of carbonyl (C=O) groups excluding carboxylic acids is 2. The molecule has 1 N–H and O–H groups in total. The molecule has 0 saturated heterocycles. The van der Waals surface area contributed by atoms with Gasteiger partial charge in [-0.25, -0.2) is 4.39 Å². The smallest absolute Gasteiger partial charge is 0.242 e.